The summed E-state index contributed by atoms with van der Waals surface area (Å²) in [5, 5.41) is 5.31. The fraction of sp³-hybridized carbons (Fsp3) is 0.348. The van der Waals surface area contributed by atoms with Crippen molar-refractivity contribution >= 4 is 29.3 Å². The van der Waals surface area contributed by atoms with Crippen molar-refractivity contribution in [2.24, 2.45) is 5.92 Å². The molecule has 1 heterocycles. The first-order valence-corrected chi connectivity index (χ1v) is 10.1. The standard InChI is InChI=1S/C23H27N3O4/c1-15(2)21(25-23(29)24-18-10-5-4-6-11-18)22(28)30-14-20(27)26-16(3)13-17-9-7-8-12-19(17)26/h4-12,15-16,21H,13-14H2,1-3H3,(H2,24,25,29)/t16-,21+/m0/s1. The van der Waals surface area contributed by atoms with E-state index in [0.29, 0.717) is 5.69 Å². The minimum atomic E-state index is -0.871. The second-order valence-corrected chi connectivity index (χ2v) is 7.74. The lowest BCUT2D eigenvalue weighted by molar-refractivity contribution is -0.150. The van der Waals surface area contributed by atoms with Gasteiger partial charge in [-0.25, -0.2) is 9.59 Å². The molecule has 0 spiro atoms. The van der Waals surface area contributed by atoms with Gasteiger partial charge in [-0.1, -0.05) is 50.2 Å². The summed E-state index contributed by atoms with van der Waals surface area (Å²) < 4.78 is 5.28. The van der Waals surface area contributed by atoms with E-state index in [9.17, 15) is 14.4 Å². The Morgan fingerprint density at radius 1 is 1.07 bits per heavy atom. The molecular formula is C23H27N3O4. The summed E-state index contributed by atoms with van der Waals surface area (Å²) in [7, 11) is 0. The average Bonchev–Trinajstić information content (AvgIpc) is 3.06. The third-order valence-corrected chi connectivity index (χ3v) is 5.05. The SMILES string of the molecule is CC(C)[C@@H](NC(=O)Nc1ccccc1)C(=O)OCC(=O)N1c2ccccc2C[C@@H]1C. The summed E-state index contributed by atoms with van der Waals surface area (Å²) in [6.45, 7) is 5.19. The highest BCUT2D eigenvalue weighted by Crippen LogP contribution is 2.31. The Labute approximate surface area is 176 Å². The summed E-state index contributed by atoms with van der Waals surface area (Å²) in [6.07, 6.45) is 0.770. The molecular weight excluding hydrogens is 382 g/mol. The van der Waals surface area contributed by atoms with Gasteiger partial charge in [0.1, 0.15) is 6.04 Å². The maximum absolute atomic E-state index is 12.7. The summed E-state index contributed by atoms with van der Waals surface area (Å²) in [5.74, 6) is -1.13. The van der Waals surface area contributed by atoms with Crippen LogP contribution in [-0.2, 0) is 20.7 Å². The zero-order chi connectivity index (χ0) is 21.7. The molecule has 0 unspecified atom stereocenters. The van der Waals surface area contributed by atoms with Gasteiger partial charge in [0.15, 0.2) is 6.61 Å². The third-order valence-electron chi connectivity index (χ3n) is 5.05. The van der Waals surface area contributed by atoms with Crippen molar-refractivity contribution in [3.63, 3.8) is 0 Å². The Kier molecular flexibility index (Phi) is 6.72. The molecule has 2 atom stereocenters. The van der Waals surface area contributed by atoms with Crippen molar-refractivity contribution in [2.75, 3.05) is 16.8 Å². The minimum absolute atomic E-state index is 0.00396. The van der Waals surface area contributed by atoms with Crippen molar-refractivity contribution in [1.29, 1.82) is 0 Å². The number of para-hydroxylation sites is 2. The molecule has 3 amide bonds. The predicted molar refractivity (Wildman–Crippen MR) is 115 cm³/mol. The first kappa shape index (κ1) is 21.4. The molecule has 2 aromatic carbocycles. The Balaban J connectivity index is 1.57. The maximum Gasteiger partial charge on any atom is 0.329 e. The van der Waals surface area contributed by atoms with E-state index >= 15 is 0 Å². The maximum atomic E-state index is 12.7. The van der Waals surface area contributed by atoms with E-state index in [1.807, 2.05) is 37.3 Å². The number of benzene rings is 2. The van der Waals surface area contributed by atoms with Gasteiger partial charge in [0.05, 0.1) is 0 Å². The normalized spacial score (nSPS) is 16.0. The number of hydrogen-bond acceptors (Lipinski definition) is 4. The van der Waals surface area contributed by atoms with Gasteiger partial charge < -0.3 is 20.3 Å². The molecule has 7 nitrogen and oxygen atoms in total. The van der Waals surface area contributed by atoms with E-state index in [1.54, 1.807) is 43.0 Å². The first-order valence-electron chi connectivity index (χ1n) is 10.1. The van der Waals surface area contributed by atoms with Crippen LogP contribution in [0.5, 0.6) is 0 Å². The fourth-order valence-electron chi connectivity index (χ4n) is 3.57. The van der Waals surface area contributed by atoms with Crippen LogP contribution in [0.4, 0.5) is 16.2 Å². The van der Waals surface area contributed by atoms with Crippen molar-refractivity contribution in [2.45, 2.75) is 39.3 Å². The quantitative estimate of drug-likeness (QED) is 0.716. The Hall–Kier alpha value is -3.35. The number of rotatable bonds is 6. The van der Waals surface area contributed by atoms with Gasteiger partial charge >= 0.3 is 12.0 Å². The highest BCUT2D eigenvalue weighted by atomic mass is 16.5. The van der Waals surface area contributed by atoms with Gasteiger partial charge in [-0.2, -0.15) is 0 Å². The first-order chi connectivity index (χ1) is 14.4. The molecule has 30 heavy (non-hydrogen) atoms. The van der Waals surface area contributed by atoms with Crippen LogP contribution < -0.4 is 15.5 Å². The van der Waals surface area contributed by atoms with E-state index in [2.05, 4.69) is 10.6 Å². The number of nitrogens with zero attached hydrogens (tertiary/aromatic N) is 1. The topological polar surface area (TPSA) is 87.7 Å². The molecule has 0 saturated carbocycles. The van der Waals surface area contributed by atoms with Gasteiger partial charge in [0.25, 0.3) is 5.91 Å². The molecule has 0 aliphatic carbocycles. The van der Waals surface area contributed by atoms with E-state index in [-0.39, 0.29) is 24.5 Å². The van der Waals surface area contributed by atoms with Crippen molar-refractivity contribution in [3.8, 4) is 0 Å². The number of esters is 1. The van der Waals surface area contributed by atoms with Crippen LogP contribution in [0, 0.1) is 5.92 Å². The number of urea groups is 1. The number of anilines is 2. The average molecular weight is 409 g/mol. The number of ether oxygens (including phenoxy) is 1. The van der Waals surface area contributed by atoms with Crippen LogP contribution in [0.15, 0.2) is 54.6 Å². The lowest BCUT2D eigenvalue weighted by Crippen LogP contribution is -2.48. The molecule has 0 fully saturated rings. The number of amides is 3. The van der Waals surface area contributed by atoms with Gasteiger partial charge in [-0.3, -0.25) is 4.79 Å². The zero-order valence-corrected chi connectivity index (χ0v) is 17.4. The fourth-order valence-corrected chi connectivity index (χ4v) is 3.57. The van der Waals surface area contributed by atoms with Crippen LogP contribution in [0.1, 0.15) is 26.3 Å². The molecule has 1 aliphatic heterocycles. The van der Waals surface area contributed by atoms with E-state index in [0.717, 1.165) is 17.7 Å². The lowest BCUT2D eigenvalue weighted by atomic mass is 10.1. The van der Waals surface area contributed by atoms with E-state index < -0.39 is 18.0 Å². The number of hydrogen-bond donors (Lipinski definition) is 2. The largest absolute Gasteiger partial charge is 0.454 e. The number of carbonyl (C=O) groups is 3. The Bertz CT molecular complexity index is 914. The second kappa shape index (κ2) is 9.43. The molecule has 7 heteroatoms. The van der Waals surface area contributed by atoms with Crippen molar-refractivity contribution in [1.82, 2.24) is 5.32 Å². The van der Waals surface area contributed by atoms with E-state index in [1.165, 1.54) is 0 Å². The Morgan fingerprint density at radius 2 is 1.73 bits per heavy atom. The predicted octanol–water partition coefficient (Wildman–Crippen LogP) is 3.35. The second-order valence-electron chi connectivity index (χ2n) is 7.74. The van der Waals surface area contributed by atoms with Gasteiger partial charge in [-0.15, -0.1) is 0 Å². The summed E-state index contributed by atoms with van der Waals surface area (Å²) in [4.78, 5) is 39.2. The smallest absolute Gasteiger partial charge is 0.329 e. The minimum Gasteiger partial charge on any atom is -0.454 e. The molecule has 2 aromatic rings. The highest BCUT2D eigenvalue weighted by molar-refractivity contribution is 5.98. The van der Waals surface area contributed by atoms with Gasteiger partial charge in [0, 0.05) is 17.4 Å². The van der Waals surface area contributed by atoms with Crippen molar-refractivity contribution < 1.29 is 19.1 Å². The third kappa shape index (κ3) is 4.97. The van der Waals surface area contributed by atoms with E-state index in [4.69, 9.17) is 4.74 Å². The highest BCUT2D eigenvalue weighted by Gasteiger charge is 2.32. The van der Waals surface area contributed by atoms with Crippen LogP contribution in [0.2, 0.25) is 0 Å². The Morgan fingerprint density at radius 3 is 2.43 bits per heavy atom. The van der Waals surface area contributed by atoms with Crippen LogP contribution in [0.25, 0.3) is 0 Å². The molecule has 1 aliphatic rings. The molecule has 0 aromatic heterocycles. The molecule has 0 saturated heterocycles. The number of carbonyl (C=O) groups excluding carboxylic acids is 3. The number of fused-ring (bicyclic) bond motifs is 1. The molecule has 158 valence electrons. The van der Waals surface area contributed by atoms with Gasteiger partial charge in [0.2, 0.25) is 0 Å². The number of nitrogens with one attached hydrogen (secondary N) is 2. The summed E-state index contributed by atoms with van der Waals surface area (Å²) in [6, 6.07) is 15.3. The summed E-state index contributed by atoms with van der Waals surface area (Å²) in [5.41, 5.74) is 2.57. The van der Waals surface area contributed by atoms with Crippen LogP contribution in [-0.4, -0.2) is 36.6 Å². The monoisotopic (exact) mass is 409 g/mol. The summed E-state index contributed by atoms with van der Waals surface area (Å²) >= 11 is 0. The lowest BCUT2D eigenvalue weighted by Gasteiger charge is -2.24. The van der Waals surface area contributed by atoms with Crippen LogP contribution >= 0.6 is 0 Å². The van der Waals surface area contributed by atoms with Gasteiger partial charge in [-0.05, 0) is 43.0 Å². The van der Waals surface area contributed by atoms with Crippen molar-refractivity contribution in [3.05, 3.63) is 60.2 Å². The molecule has 0 radical (unpaired) electrons. The zero-order valence-electron chi connectivity index (χ0n) is 17.4. The van der Waals surface area contributed by atoms with Crippen LogP contribution in [0.3, 0.4) is 0 Å². The molecule has 2 N–H and O–H groups in total. The molecule has 3 rings (SSSR count). The molecule has 0 bridgehead atoms.